The lowest BCUT2D eigenvalue weighted by molar-refractivity contribution is -0.147. The van der Waals surface area contributed by atoms with E-state index in [4.69, 9.17) is 44.3 Å². The van der Waals surface area contributed by atoms with Crippen molar-refractivity contribution in [2.24, 2.45) is 0 Å². The molecular formula is C18H15BrCl3NO4. The molecule has 27 heavy (non-hydrogen) atoms. The summed E-state index contributed by atoms with van der Waals surface area (Å²) in [6.07, 6.45) is 0.543. The SMILES string of the molecule is O=C(COC(=O)CCCOc1ccc(Br)cc1Cl)Nc1cc(Cl)cc(Cl)c1. The summed E-state index contributed by atoms with van der Waals surface area (Å²) in [6, 6.07) is 9.88. The molecule has 5 nitrogen and oxygen atoms in total. The average Bonchev–Trinajstić information content (AvgIpc) is 2.57. The van der Waals surface area contributed by atoms with Gasteiger partial charge in [0.05, 0.1) is 11.6 Å². The quantitative estimate of drug-likeness (QED) is 0.374. The van der Waals surface area contributed by atoms with Crippen LogP contribution in [0.15, 0.2) is 40.9 Å². The Morgan fingerprint density at radius 1 is 1.04 bits per heavy atom. The highest BCUT2D eigenvalue weighted by molar-refractivity contribution is 9.10. The van der Waals surface area contributed by atoms with Crippen LogP contribution < -0.4 is 10.1 Å². The van der Waals surface area contributed by atoms with E-state index in [1.807, 2.05) is 0 Å². The van der Waals surface area contributed by atoms with E-state index in [1.54, 1.807) is 24.3 Å². The van der Waals surface area contributed by atoms with Crippen molar-refractivity contribution in [1.29, 1.82) is 0 Å². The summed E-state index contributed by atoms with van der Waals surface area (Å²) in [5, 5.41) is 3.81. The summed E-state index contributed by atoms with van der Waals surface area (Å²) in [6.45, 7) is -0.105. The van der Waals surface area contributed by atoms with Gasteiger partial charge in [-0.3, -0.25) is 9.59 Å². The molecule has 0 spiro atoms. The molecule has 0 aliphatic rings. The number of hydrogen-bond donors (Lipinski definition) is 1. The fourth-order valence-electron chi connectivity index (χ4n) is 2.03. The molecule has 2 aromatic carbocycles. The minimum absolute atomic E-state index is 0.115. The summed E-state index contributed by atoms with van der Waals surface area (Å²) in [5.41, 5.74) is 0.424. The van der Waals surface area contributed by atoms with Crippen molar-refractivity contribution in [1.82, 2.24) is 0 Å². The van der Waals surface area contributed by atoms with E-state index >= 15 is 0 Å². The number of esters is 1. The van der Waals surface area contributed by atoms with Gasteiger partial charge in [-0.25, -0.2) is 0 Å². The van der Waals surface area contributed by atoms with Crippen LogP contribution in [0.3, 0.4) is 0 Å². The number of halogens is 4. The molecule has 0 saturated carbocycles. The number of rotatable bonds is 8. The first-order valence-corrected chi connectivity index (χ1v) is 9.75. The van der Waals surface area contributed by atoms with Gasteiger partial charge in [0.1, 0.15) is 5.75 Å². The van der Waals surface area contributed by atoms with Crippen LogP contribution in [0.4, 0.5) is 5.69 Å². The van der Waals surface area contributed by atoms with Gasteiger partial charge in [0.2, 0.25) is 0 Å². The highest BCUT2D eigenvalue weighted by Gasteiger charge is 2.09. The summed E-state index contributed by atoms with van der Waals surface area (Å²) in [7, 11) is 0. The number of nitrogens with one attached hydrogen (secondary N) is 1. The third-order valence-corrected chi connectivity index (χ3v) is 4.41. The monoisotopic (exact) mass is 493 g/mol. The van der Waals surface area contributed by atoms with E-state index in [-0.39, 0.29) is 6.42 Å². The molecule has 2 aromatic rings. The first kappa shape index (κ1) is 21.8. The maximum Gasteiger partial charge on any atom is 0.306 e. The second kappa shape index (κ2) is 10.8. The Morgan fingerprint density at radius 2 is 1.74 bits per heavy atom. The Balaban J connectivity index is 1.66. The fourth-order valence-corrected chi connectivity index (χ4v) is 3.29. The van der Waals surface area contributed by atoms with Gasteiger partial charge in [-0.1, -0.05) is 50.7 Å². The number of ether oxygens (including phenoxy) is 2. The van der Waals surface area contributed by atoms with Crippen molar-refractivity contribution in [3.8, 4) is 5.75 Å². The molecule has 144 valence electrons. The van der Waals surface area contributed by atoms with Gasteiger partial charge in [-0.2, -0.15) is 0 Å². The molecule has 0 aliphatic carbocycles. The lowest BCUT2D eigenvalue weighted by Gasteiger charge is -2.09. The lowest BCUT2D eigenvalue weighted by Crippen LogP contribution is -2.21. The van der Waals surface area contributed by atoms with Gasteiger partial charge in [0.25, 0.3) is 5.91 Å². The smallest absolute Gasteiger partial charge is 0.306 e. The number of benzene rings is 2. The summed E-state index contributed by atoms with van der Waals surface area (Å²) in [4.78, 5) is 23.5. The van der Waals surface area contributed by atoms with Gasteiger partial charge < -0.3 is 14.8 Å². The van der Waals surface area contributed by atoms with Gasteiger partial charge >= 0.3 is 5.97 Å². The molecular weight excluding hydrogens is 480 g/mol. The zero-order valence-electron chi connectivity index (χ0n) is 13.9. The first-order chi connectivity index (χ1) is 12.8. The Morgan fingerprint density at radius 3 is 2.41 bits per heavy atom. The summed E-state index contributed by atoms with van der Waals surface area (Å²) < 4.78 is 11.3. The number of anilines is 1. The van der Waals surface area contributed by atoms with Crippen molar-refractivity contribution in [3.05, 3.63) is 55.9 Å². The van der Waals surface area contributed by atoms with Gasteiger partial charge in [-0.05, 0) is 42.8 Å². The largest absolute Gasteiger partial charge is 0.492 e. The van der Waals surface area contributed by atoms with E-state index in [1.165, 1.54) is 12.1 Å². The van der Waals surface area contributed by atoms with E-state index in [0.717, 1.165) is 4.47 Å². The van der Waals surface area contributed by atoms with E-state index in [0.29, 0.717) is 39.5 Å². The van der Waals surface area contributed by atoms with Gasteiger partial charge in [-0.15, -0.1) is 0 Å². The van der Waals surface area contributed by atoms with Crippen LogP contribution in [0, 0.1) is 0 Å². The second-order valence-electron chi connectivity index (χ2n) is 5.39. The van der Waals surface area contributed by atoms with E-state index in [9.17, 15) is 9.59 Å². The third kappa shape index (κ3) is 7.97. The highest BCUT2D eigenvalue weighted by atomic mass is 79.9. The Hall–Kier alpha value is -1.47. The van der Waals surface area contributed by atoms with Crippen LogP contribution >= 0.6 is 50.7 Å². The molecule has 0 aromatic heterocycles. The number of carbonyl (C=O) groups is 2. The molecule has 9 heteroatoms. The van der Waals surface area contributed by atoms with E-state index in [2.05, 4.69) is 21.2 Å². The molecule has 0 saturated heterocycles. The standard InChI is InChI=1S/C18H15BrCl3NO4/c19-11-3-4-16(15(22)6-11)26-5-1-2-18(25)27-10-17(24)23-14-8-12(20)7-13(21)9-14/h3-4,6-9H,1-2,5,10H2,(H,23,24). The van der Waals surface area contributed by atoms with Crippen molar-refractivity contribution in [3.63, 3.8) is 0 Å². The van der Waals surface area contributed by atoms with E-state index < -0.39 is 18.5 Å². The summed E-state index contributed by atoms with van der Waals surface area (Å²) in [5.74, 6) is -0.452. The number of carbonyl (C=O) groups excluding carboxylic acids is 2. The Bertz CT molecular complexity index is 812. The van der Waals surface area contributed by atoms with Crippen LogP contribution in [-0.4, -0.2) is 25.1 Å². The normalized spacial score (nSPS) is 10.4. The number of hydrogen-bond acceptors (Lipinski definition) is 4. The molecule has 2 rings (SSSR count). The molecule has 0 unspecified atom stereocenters. The van der Waals surface area contributed by atoms with Crippen molar-refractivity contribution >= 4 is 68.3 Å². The second-order valence-corrected chi connectivity index (χ2v) is 7.59. The van der Waals surface area contributed by atoms with Gasteiger partial charge in [0, 0.05) is 26.6 Å². The van der Waals surface area contributed by atoms with Crippen LogP contribution in [0.5, 0.6) is 5.75 Å². The molecule has 0 aliphatic heterocycles. The van der Waals surface area contributed by atoms with Crippen LogP contribution in [-0.2, 0) is 14.3 Å². The molecule has 0 bridgehead atoms. The fraction of sp³-hybridized carbons (Fsp3) is 0.222. The molecule has 1 amide bonds. The van der Waals surface area contributed by atoms with Gasteiger partial charge in [0.15, 0.2) is 6.61 Å². The lowest BCUT2D eigenvalue weighted by atomic mass is 10.3. The topological polar surface area (TPSA) is 64.6 Å². The zero-order chi connectivity index (χ0) is 19.8. The molecule has 0 heterocycles. The van der Waals surface area contributed by atoms with Crippen LogP contribution in [0.2, 0.25) is 15.1 Å². The van der Waals surface area contributed by atoms with Crippen LogP contribution in [0.25, 0.3) is 0 Å². The zero-order valence-corrected chi connectivity index (χ0v) is 17.8. The average molecular weight is 496 g/mol. The highest BCUT2D eigenvalue weighted by Crippen LogP contribution is 2.27. The summed E-state index contributed by atoms with van der Waals surface area (Å²) >= 11 is 21.0. The maximum absolute atomic E-state index is 11.8. The Kier molecular flexibility index (Phi) is 8.70. The first-order valence-electron chi connectivity index (χ1n) is 7.83. The molecule has 0 fully saturated rings. The predicted molar refractivity (Wildman–Crippen MR) is 110 cm³/mol. The van der Waals surface area contributed by atoms with Crippen LogP contribution in [0.1, 0.15) is 12.8 Å². The minimum Gasteiger partial charge on any atom is -0.492 e. The molecule has 0 radical (unpaired) electrons. The predicted octanol–water partition coefficient (Wildman–Crippen LogP) is 5.75. The minimum atomic E-state index is -0.500. The Labute approximate surface area is 180 Å². The van der Waals surface area contributed by atoms with Crippen molar-refractivity contribution in [2.45, 2.75) is 12.8 Å². The third-order valence-electron chi connectivity index (χ3n) is 3.19. The van der Waals surface area contributed by atoms with Crippen molar-refractivity contribution < 1.29 is 19.1 Å². The maximum atomic E-state index is 11.8. The molecule has 0 atom stereocenters. The molecule has 1 N–H and O–H groups in total. The number of amides is 1. The van der Waals surface area contributed by atoms with Crippen molar-refractivity contribution in [2.75, 3.05) is 18.5 Å².